The van der Waals surface area contributed by atoms with Crippen LogP contribution in [0.3, 0.4) is 0 Å². The van der Waals surface area contributed by atoms with Gasteiger partial charge >= 0.3 is 0 Å². The number of ether oxygens (including phenoxy) is 2. The highest BCUT2D eigenvalue weighted by Gasteiger charge is 2.40. The van der Waals surface area contributed by atoms with E-state index in [1.165, 1.54) is 23.1 Å². The molecule has 0 spiro atoms. The fraction of sp³-hybridized carbons (Fsp3) is 0.400. The molecule has 3 aliphatic heterocycles. The van der Waals surface area contributed by atoms with E-state index in [2.05, 4.69) is 10.2 Å². The van der Waals surface area contributed by atoms with Crippen molar-refractivity contribution in [2.45, 2.75) is 38.5 Å². The number of hydrogen-bond donors (Lipinski definition) is 1. The number of halogens is 1. The van der Waals surface area contributed by atoms with Gasteiger partial charge in [0.05, 0.1) is 22.5 Å². The zero-order valence-corrected chi connectivity index (χ0v) is 18.5. The molecule has 1 atom stereocenters. The number of carbonyl (C=O) groups is 3. The minimum atomic E-state index is -2.51. The van der Waals surface area contributed by atoms with Crippen LogP contribution in [0.15, 0.2) is 36.4 Å². The Labute approximate surface area is 199 Å². The number of amides is 3. The number of rotatable bonds is 6. The second-order valence-electron chi connectivity index (χ2n) is 8.59. The van der Waals surface area contributed by atoms with Gasteiger partial charge in [0.15, 0.2) is 0 Å². The van der Waals surface area contributed by atoms with Gasteiger partial charge in [-0.05, 0) is 30.2 Å². The van der Waals surface area contributed by atoms with E-state index in [1.807, 2.05) is 0 Å². The van der Waals surface area contributed by atoms with Gasteiger partial charge in [0.2, 0.25) is 11.8 Å². The summed E-state index contributed by atoms with van der Waals surface area (Å²) in [7, 11) is 0. The van der Waals surface area contributed by atoms with Crippen LogP contribution in [0.5, 0.6) is 5.75 Å². The number of imide groups is 1. The molecule has 2 aromatic rings. The summed E-state index contributed by atoms with van der Waals surface area (Å²) in [6, 6.07) is 8.22. The van der Waals surface area contributed by atoms with Gasteiger partial charge in [-0.2, -0.15) is 0 Å². The molecule has 0 aromatic heterocycles. The molecule has 178 valence electrons. The summed E-state index contributed by atoms with van der Waals surface area (Å²) in [5, 5.41) is 2.25. The molecule has 3 amide bonds. The number of nitrogens with zero attached hydrogens (tertiary/aromatic N) is 2. The fourth-order valence-electron chi connectivity index (χ4n) is 4.52. The van der Waals surface area contributed by atoms with Crippen molar-refractivity contribution in [3.63, 3.8) is 0 Å². The number of piperidine rings is 1. The Balaban J connectivity index is 1.34. The molecule has 0 radical (unpaired) electrons. The summed E-state index contributed by atoms with van der Waals surface area (Å²) in [5.74, 6) is -1.94. The molecule has 1 N–H and O–H groups in total. The van der Waals surface area contributed by atoms with Gasteiger partial charge < -0.3 is 14.4 Å². The molecule has 0 saturated carbocycles. The lowest BCUT2D eigenvalue weighted by atomic mass is 10.0. The van der Waals surface area contributed by atoms with Crippen LogP contribution < -0.4 is 10.1 Å². The molecule has 5 rings (SSSR count). The van der Waals surface area contributed by atoms with E-state index in [0.29, 0.717) is 25.3 Å². The van der Waals surface area contributed by atoms with E-state index in [1.54, 1.807) is 18.2 Å². The first-order chi connectivity index (χ1) is 17.2. The highest BCUT2D eigenvalue weighted by Crippen LogP contribution is 2.34. The summed E-state index contributed by atoms with van der Waals surface area (Å²) in [6.45, 7) is 0.802. The zero-order chi connectivity index (χ0) is 25.4. The molecule has 3 heterocycles. The third kappa shape index (κ3) is 4.53. The topological polar surface area (TPSA) is 88.2 Å². The van der Waals surface area contributed by atoms with E-state index < -0.39 is 30.2 Å². The van der Waals surface area contributed by atoms with Crippen LogP contribution in [-0.4, -0.2) is 59.9 Å². The highest BCUT2D eigenvalue weighted by molar-refractivity contribution is 6.05. The van der Waals surface area contributed by atoms with Crippen molar-refractivity contribution in [3.8, 4) is 5.75 Å². The van der Waals surface area contributed by atoms with Crippen LogP contribution in [0.1, 0.15) is 42.6 Å². The van der Waals surface area contributed by atoms with Crippen LogP contribution in [0.4, 0.5) is 4.39 Å². The molecular weight excluding hydrogens is 441 g/mol. The molecule has 8 nitrogen and oxygen atoms in total. The third-order valence-electron chi connectivity index (χ3n) is 6.35. The summed E-state index contributed by atoms with van der Waals surface area (Å²) in [5.41, 5.74) is 1.17. The van der Waals surface area contributed by atoms with Crippen LogP contribution in [0.2, 0.25) is 0 Å². The Morgan fingerprint density at radius 1 is 1.18 bits per heavy atom. The first-order valence-electron chi connectivity index (χ1n) is 12.3. The third-order valence-corrected chi connectivity index (χ3v) is 6.35. The molecule has 3 aliphatic rings. The second kappa shape index (κ2) is 9.52. The number of fused-ring (bicyclic) bond motifs is 1. The lowest BCUT2D eigenvalue weighted by Crippen LogP contribution is -2.52. The Kier molecular flexibility index (Phi) is 5.63. The molecule has 1 unspecified atom stereocenters. The van der Waals surface area contributed by atoms with E-state index in [4.69, 9.17) is 12.2 Å². The van der Waals surface area contributed by atoms with Gasteiger partial charge in [-0.25, -0.2) is 4.39 Å². The van der Waals surface area contributed by atoms with Crippen LogP contribution in [0, 0.1) is 5.82 Å². The summed E-state index contributed by atoms with van der Waals surface area (Å²) in [6.07, 6.45) is 0.340. The van der Waals surface area contributed by atoms with E-state index in [9.17, 15) is 14.4 Å². The fourth-order valence-corrected chi connectivity index (χ4v) is 4.52. The number of hydrogen-bond acceptors (Lipinski definition) is 6. The number of nitrogens with one attached hydrogen (secondary N) is 1. The molecule has 34 heavy (non-hydrogen) atoms. The maximum Gasteiger partial charge on any atom is 0.255 e. The minimum absolute atomic E-state index is 0.0215. The van der Waals surface area contributed by atoms with Crippen molar-refractivity contribution in [2.75, 3.05) is 26.3 Å². The Hall–Kier alpha value is -3.30. The average Bonchev–Trinajstić information content (AvgIpc) is 3.17. The lowest BCUT2D eigenvalue weighted by Gasteiger charge is -2.29. The molecule has 0 aliphatic carbocycles. The van der Waals surface area contributed by atoms with E-state index in [-0.39, 0.29) is 42.2 Å². The molecule has 0 bridgehead atoms. The summed E-state index contributed by atoms with van der Waals surface area (Å²) in [4.78, 5) is 40.3. The van der Waals surface area contributed by atoms with Crippen LogP contribution in [-0.2, 0) is 34.0 Å². The largest absolute Gasteiger partial charge is 0.488 e. The van der Waals surface area contributed by atoms with Gasteiger partial charge in [-0.15, -0.1) is 0 Å². The number of carbonyl (C=O) groups excluding carboxylic acids is 3. The molecule has 2 saturated heterocycles. The summed E-state index contributed by atoms with van der Waals surface area (Å²) < 4.78 is 42.9. The number of benzene rings is 2. The first kappa shape index (κ1) is 20.1. The van der Waals surface area contributed by atoms with Crippen molar-refractivity contribution >= 4 is 17.7 Å². The first-order valence-corrected chi connectivity index (χ1v) is 11.3. The molecule has 2 aromatic carbocycles. The van der Waals surface area contributed by atoms with Crippen molar-refractivity contribution in [1.29, 1.82) is 0 Å². The van der Waals surface area contributed by atoms with Crippen LogP contribution >= 0.6 is 0 Å². The van der Waals surface area contributed by atoms with Gasteiger partial charge in [0.25, 0.3) is 5.91 Å². The van der Waals surface area contributed by atoms with E-state index in [0.717, 1.165) is 18.7 Å². The maximum absolute atomic E-state index is 15.0. The molecular formula is C25H26FN3O5. The lowest BCUT2D eigenvalue weighted by molar-refractivity contribution is -0.136. The monoisotopic (exact) mass is 469 g/mol. The molecule has 9 heteroatoms. The normalized spacial score (nSPS) is 22.2. The average molecular weight is 470 g/mol. The Bertz CT molecular complexity index is 1220. The van der Waals surface area contributed by atoms with Gasteiger partial charge in [0, 0.05) is 42.7 Å². The van der Waals surface area contributed by atoms with Gasteiger partial charge in [-0.1, -0.05) is 18.2 Å². The molecule has 2 fully saturated rings. The Morgan fingerprint density at radius 3 is 2.76 bits per heavy atom. The SMILES string of the molecule is [2H]C([2H])(Oc1cccc2c1CN(C1CCC(=O)NC1=O)C2=O)c1ccc(CN2CCOCC2)cc1F. The standard InChI is InChI=1S/C25H26FN3O5/c26-20-12-16(13-28-8-10-33-11-9-28)4-5-17(20)15-34-22-3-1-2-18-19(22)14-29(25(18)32)21-6-7-23(30)27-24(21)31/h1-5,12,21H,6-11,13-15H2,(H,27,30,31)/i15D2. The predicted molar refractivity (Wildman–Crippen MR) is 119 cm³/mol. The van der Waals surface area contributed by atoms with Crippen LogP contribution in [0.25, 0.3) is 0 Å². The maximum atomic E-state index is 15.0. The minimum Gasteiger partial charge on any atom is -0.488 e. The second-order valence-corrected chi connectivity index (χ2v) is 8.59. The quantitative estimate of drug-likeness (QED) is 0.652. The smallest absolute Gasteiger partial charge is 0.255 e. The van der Waals surface area contributed by atoms with Crippen molar-refractivity contribution < 1.29 is 31.0 Å². The van der Waals surface area contributed by atoms with Crippen molar-refractivity contribution in [1.82, 2.24) is 15.1 Å². The van der Waals surface area contributed by atoms with E-state index >= 15 is 4.39 Å². The van der Waals surface area contributed by atoms with Gasteiger partial charge in [0.1, 0.15) is 24.2 Å². The summed E-state index contributed by atoms with van der Waals surface area (Å²) >= 11 is 0. The van der Waals surface area contributed by atoms with Crippen molar-refractivity contribution in [2.24, 2.45) is 0 Å². The predicted octanol–water partition coefficient (Wildman–Crippen LogP) is 2.00. The van der Waals surface area contributed by atoms with Crippen molar-refractivity contribution in [3.05, 3.63) is 64.5 Å². The van der Waals surface area contributed by atoms with Gasteiger partial charge in [-0.3, -0.25) is 24.6 Å². The Morgan fingerprint density at radius 2 is 2.00 bits per heavy atom. The zero-order valence-electron chi connectivity index (χ0n) is 20.5. The number of morpholine rings is 1. The highest BCUT2D eigenvalue weighted by atomic mass is 19.1.